The van der Waals surface area contributed by atoms with Crippen LogP contribution in [0, 0.1) is 55.4 Å². The standard InChI is InChI=1S/C27H25O.C27H25P.CH4.H3P/c2*1-18-10-12-24(20(3)14-18)26-16-23(22-8-6-5-7-9-22)17-27(28-26)25-13-11-19(2)15-21(25)4;;/h2*5-17H,1-4H3;1H4;1H3/q+1;;;. The van der Waals surface area contributed by atoms with E-state index in [9.17, 15) is 0 Å². The van der Waals surface area contributed by atoms with Gasteiger partial charge in [0.2, 0.25) is 0 Å². The Kier molecular flexibility index (Phi) is 14.6. The zero-order chi connectivity index (χ0) is 39.3. The van der Waals surface area contributed by atoms with Gasteiger partial charge in [-0.05, 0) is 130 Å². The van der Waals surface area contributed by atoms with Gasteiger partial charge < -0.3 is 0 Å². The van der Waals surface area contributed by atoms with Crippen molar-refractivity contribution in [2.24, 2.45) is 0 Å². The van der Waals surface area contributed by atoms with Gasteiger partial charge in [0.1, 0.15) is 0 Å². The van der Waals surface area contributed by atoms with Gasteiger partial charge in [-0.15, -0.1) is 0 Å². The predicted molar refractivity (Wildman–Crippen MR) is 260 cm³/mol. The van der Waals surface area contributed by atoms with Crippen LogP contribution in [0.1, 0.15) is 51.9 Å². The van der Waals surface area contributed by atoms with Crippen molar-refractivity contribution in [1.82, 2.24) is 0 Å². The largest absolute Gasteiger partial charge is 0.361 e. The van der Waals surface area contributed by atoms with E-state index in [2.05, 4.69) is 207 Å². The Morgan fingerprint density at radius 1 is 0.328 bits per heavy atom. The molecule has 58 heavy (non-hydrogen) atoms. The average Bonchev–Trinajstić information content (AvgIpc) is 3.18. The molecular weight excluding hydrogens is 739 g/mol. The second-order valence-corrected chi connectivity index (χ2v) is 16.4. The van der Waals surface area contributed by atoms with E-state index in [1.807, 2.05) is 6.07 Å². The van der Waals surface area contributed by atoms with Gasteiger partial charge in [0.15, 0.2) is 0 Å². The molecule has 0 bridgehead atoms. The molecule has 0 radical (unpaired) electrons. The van der Waals surface area contributed by atoms with Crippen molar-refractivity contribution >= 4 is 18.1 Å². The fourth-order valence-corrected chi connectivity index (χ4v) is 8.96. The molecule has 2 aromatic heterocycles. The second-order valence-electron chi connectivity index (χ2n) is 15.2. The fourth-order valence-electron chi connectivity index (χ4n) is 7.55. The number of hydrogen-bond donors (Lipinski definition) is 0. The molecule has 8 aromatic rings. The molecule has 0 aliphatic heterocycles. The van der Waals surface area contributed by atoms with Gasteiger partial charge >= 0.3 is 11.5 Å². The maximum atomic E-state index is 6.45. The first kappa shape index (κ1) is 43.7. The molecule has 0 amide bonds. The minimum Gasteiger partial charge on any atom is -0.207 e. The van der Waals surface area contributed by atoms with E-state index in [0.717, 1.165) is 28.2 Å². The lowest BCUT2D eigenvalue weighted by molar-refractivity contribution is 0.581. The lowest BCUT2D eigenvalue weighted by atomic mass is 9.97. The Morgan fingerprint density at radius 3 is 0.966 bits per heavy atom. The van der Waals surface area contributed by atoms with Crippen molar-refractivity contribution in [1.29, 1.82) is 0 Å². The highest BCUT2D eigenvalue weighted by Crippen LogP contribution is 2.43. The highest BCUT2D eigenvalue weighted by Gasteiger charge is 2.23. The molecule has 6 aromatic carbocycles. The van der Waals surface area contributed by atoms with Gasteiger partial charge in [-0.3, -0.25) is 0 Å². The topological polar surface area (TPSA) is 11.3 Å². The van der Waals surface area contributed by atoms with Crippen LogP contribution in [0.2, 0.25) is 0 Å². The van der Waals surface area contributed by atoms with Crippen LogP contribution in [-0.4, -0.2) is 0 Å². The molecular formula is C55H57OP2+. The summed E-state index contributed by atoms with van der Waals surface area (Å²) in [7, 11) is 1.27. The first-order chi connectivity index (χ1) is 27.0. The summed E-state index contributed by atoms with van der Waals surface area (Å²) in [6.45, 7) is 17.3. The summed E-state index contributed by atoms with van der Waals surface area (Å²) in [4.78, 5) is 0. The zero-order valence-corrected chi connectivity index (χ0v) is 36.9. The molecule has 3 heteroatoms. The first-order valence-corrected chi connectivity index (χ1v) is 20.3. The van der Waals surface area contributed by atoms with Crippen LogP contribution in [0.3, 0.4) is 0 Å². The minimum atomic E-state index is 0. The van der Waals surface area contributed by atoms with Crippen molar-refractivity contribution in [2.75, 3.05) is 0 Å². The van der Waals surface area contributed by atoms with Crippen molar-refractivity contribution in [2.45, 2.75) is 62.8 Å². The molecule has 0 spiro atoms. The molecule has 2 heterocycles. The summed E-state index contributed by atoms with van der Waals surface area (Å²) in [6, 6.07) is 56.8. The van der Waals surface area contributed by atoms with Crippen LogP contribution in [-0.2, 0) is 0 Å². The van der Waals surface area contributed by atoms with E-state index in [-0.39, 0.29) is 17.3 Å². The van der Waals surface area contributed by atoms with Crippen molar-refractivity contribution < 1.29 is 4.42 Å². The lowest BCUT2D eigenvalue weighted by Crippen LogP contribution is -1.90. The van der Waals surface area contributed by atoms with E-state index in [1.165, 1.54) is 91.1 Å². The van der Waals surface area contributed by atoms with E-state index >= 15 is 0 Å². The summed E-state index contributed by atoms with van der Waals surface area (Å²) < 4.78 is 6.45. The van der Waals surface area contributed by atoms with Gasteiger partial charge in [0, 0.05) is 16.2 Å². The summed E-state index contributed by atoms with van der Waals surface area (Å²) in [5, 5.41) is 2.74. The SMILES string of the molecule is C.Cc1ccc(-c2cc(-c3ccccc3)cc(-c3ccc(C)cc3C)[o+]2)c(C)c1.Cc1ccc(-c2cc(-c3ccccc3)cc(-c3ccc(C)cc3C)p2)c(C)c1.P. The molecule has 1 unspecified atom stereocenters. The molecule has 0 aliphatic carbocycles. The van der Waals surface area contributed by atoms with E-state index in [4.69, 9.17) is 4.42 Å². The predicted octanol–water partition coefficient (Wildman–Crippen LogP) is 17.0. The zero-order valence-electron chi connectivity index (χ0n) is 34.6. The number of benzene rings is 6. The van der Waals surface area contributed by atoms with E-state index in [1.54, 1.807) is 0 Å². The van der Waals surface area contributed by atoms with Crippen molar-refractivity contribution in [3.8, 4) is 66.6 Å². The highest BCUT2D eigenvalue weighted by atomic mass is 31.0. The third-order valence-electron chi connectivity index (χ3n) is 10.4. The fraction of sp³-hybridized carbons (Fsp3) is 0.164. The summed E-state index contributed by atoms with van der Waals surface area (Å²) in [5.41, 5.74) is 20.1. The average molecular weight is 796 g/mol. The molecule has 0 saturated heterocycles. The Bertz CT molecular complexity index is 2330. The first-order valence-electron chi connectivity index (χ1n) is 19.4. The van der Waals surface area contributed by atoms with Gasteiger partial charge in [-0.25, -0.2) is 4.42 Å². The van der Waals surface area contributed by atoms with E-state index in [0.29, 0.717) is 0 Å². The maximum absolute atomic E-state index is 6.45. The van der Waals surface area contributed by atoms with Gasteiger partial charge in [-0.1, -0.05) is 159 Å². The highest BCUT2D eigenvalue weighted by molar-refractivity contribution is 7.37. The molecule has 292 valence electrons. The molecule has 0 aliphatic rings. The van der Waals surface area contributed by atoms with Crippen molar-refractivity contribution in [3.63, 3.8) is 0 Å². The molecule has 8 rings (SSSR count). The molecule has 0 fully saturated rings. The monoisotopic (exact) mass is 795 g/mol. The lowest BCUT2D eigenvalue weighted by Gasteiger charge is -2.14. The van der Waals surface area contributed by atoms with E-state index < -0.39 is 0 Å². The number of aryl methyl sites for hydroxylation is 8. The summed E-state index contributed by atoms with van der Waals surface area (Å²) in [5.74, 6) is 1.79. The van der Waals surface area contributed by atoms with Gasteiger partial charge in [0.05, 0.1) is 23.3 Å². The third-order valence-corrected chi connectivity index (χ3v) is 11.7. The van der Waals surface area contributed by atoms with Crippen LogP contribution in [0.25, 0.3) is 66.6 Å². The second kappa shape index (κ2) is 19.3. The molecule has 1 nitrogen and oxygen atoms in total. The third kappa shape index (κ3) is 10.2. The molecule has 1 atom stereocenters. The van der Waals surface area contributed by atoms with Gasteiger partial charge in [0.25, 0.3) is 0 Å². The van der Waals surface area contributed by atoms with Crippen LogP contribution in [0.5, 0.6) is 0 Å². The number of hydrogen-bond acceptors (Lipinski definition) is 0. The van der Waals surface area contributed by atoms with Crippen LogP contribution < -0.4 is 0 Å². The number of rotatable bonds is 6. The Labute approximate surface area is 352 Å². The summed E-state index contributed by atoms with van der Waals surface area (Å²) in [6.07, 6.45) is 0. The smallest absolute Gasteiger partial charge is 0.207 e. The minimum absolute atomic E-state index is 0. The van der Waals surface area contributed by atoms with Crippen LogP contribution >= 0.6 is 18.1 Å². The Hall–Kier alpha value is -5.45. The van der Waals surface area contributed by atoms with Crippen molar-refractivity contribution in [3.05, 3.63) is 202 Å². The Morgan fingerprint density at radius 2 is 0.638 bits per heavy atom. The molecule has 0 N–H and O–H groups in total. The van der Waals surface area contributed by atoms with Gasteiger partial charge in [-0.2, -0.15) is 9.90 Å². The normalized spacial score (nSPS) is 10.5. The van der Waals surface area contributed by atoms with Crippen LogP contribution in [0.15, 0.2) is 162 Å². The molecule has 0 saturated carbocycles. The maximum Gasteiger partial charge on any atom is 0.361 e. The van der Waals surface area contributed by atoms with Crippen LogP contribution in [0.4, 0.5) is 0 Å². The summed E-state index contributed by atoms with van der Waals surface area (Å²) >= 11 is 0. The quantitative estimate of drug-likeness (QED) is 0.121. The Balaban J connectivity index is 0.000000214.